The summed E-state index contributed by atoms with van der Waals surface area (Å²) < 4.78 is 28.9. The average molecular weight is 561 g/mol. The second kappa shape index (κ2) is 11.4. The van der Waals surface area contributed by atoms with E-state index in [9.17, 15) is 8.42 Å². The van der Waals surface area contributed by atoms with Gasteiger partial charge < -0.3 is 10.6 Å². The highest BCUT2D eigenvalue weighted by Crippen LogP contribution is 2.21. The van der Waals surface area contributed by atoms with Gasteiger partial charge in [0.15, 0.2) is 5.11 Å². The van der Waals surface area contributed by atoms with Crippen molar-refractivity contribution in [3.05, 3.63) is 88.7 Å². The minimum Gasteiger partial charge on any atom is -0.358 e. The van der Waals surface area contributed by atoms with Crippen LogP contribution in [0.2, 0.25) is 0 Å². The minimum atomic E-state index is -3.54. The fraction of sp³-hybridized carbons (Fsp3) is 0.250. The lowest BCUT2D eigenvalue weighted by atomic mass is 10.2. The van der Waals surface area contributed by atoms with Crippen LogP contribution in [-0.4, -0.2) is 53.9 Å². The highest BCUT2D eigenvalue weighted by molar-refractivity contribution is 9.10. The number of rotatable bonds is 7. The molecule has 2 N–H and O–H groups in total. The standard InChI is InChI=1S/C24H26BrN5O2S2/c25-21-5-3-19(4-6-21)18-29-12-14-30(15-13-29)34(31,32)23-9-7-22(8-10-23)28-24(33)27-17-20-2-1-11-26-16-20/h1-11,16H,12-15,17-18H2,(H2,27,28,33). The molecule has 0 bridgehead atoms. The van der Waals surface area contributed by atoms with Crippen molar-refractivity contribution in [1.29, 1.82) is 0 Å². The average Bonchev–Trinajstić information content (AvgIpc) is 2.85. The quantitative estimate of drug-likeness (QED) is 0.426. The number of benzene rings is 2. The summed E-state index contributed by atoms with van der Waals surface area (Å²) in [5.41, 5.74) is 2.96. The predicted molar refractivity (Wildman–Crippen MR) is 142 cm³/mol. The molecule has 2 heterocycles. The third-order valence-corrected chi connectivity index (χ3v) is 8.26. The molecule has 10 heteroatoms. The Morgan fingerprint density at radius 2 is 1.68 bits per heavy atom. The van der Waals surface area contributed by atoms with Crippen LogP contribution in [0.3, 0.4) is 0 Å². The molecule has 34 heavy (non-hydrogen) atoms. The van der Waals surface area contributed by atoms with Crippen molar-refractivity contribution < 1.29 is 8.42 Å². The van der Waals surface area contributed by atoms with Crippen LogP contribution in [0.25, 0.3) is 0 Å². The lowest BCUT2D eigenvalue weighted by Gasteiger charge is -2.34. The van der Waals surface area contributed by atoms with E-state index in [0.29, 0.717) is 37.8 Å². The monoisotopic (exact) mass is 559 g/mol. The molecule has 1 fully saturated rings. The van der Waals surface area contributed by atoms with E-state index in [2.05, 4.69) is 48.6 Å². The minimum absolute atomic E-state index is 0.286. The van der Waals surface area contributed by atoms with E-state index < -0.39 is 10.0 Å². The van der Waals surface area contributed by atoms with E-state index in [4.69, 9.17) is 12.2 Å². The molecular formula is C24H26BrN5O2S2. The third kappa shape index (κ3) is 6.61. The summed E-state index contributed by atoms with van der Waals surface area (Å²) >= 11 is 8.78. The van der Waals surface area contributed by atoms with Gasteiger partial charge in [0.25, 0.3) is 0 Å². The van der Waals surface area contributed by atoms with Crippen LogP contribution in [0, 0.1) is 0 Å². The van der Waals surface area contributed by atoms with Crippen molar-refractivity contribution in [3.63, 3.8) is 0 Å². The molecule has 0 spiro atoms. The molecule has 0 radical (unpaired) electrons. The van der Waals surface area contributed by atoms with Crippen LogP contribution >= 0.6 is 28.1 Å². The highest BCUT2D eigenvalue weighted by atomic mass is 79.9. The van der Waals surface area contributed by atoms with Crippen molar-refractivity contribution >= 4 is 49.0 Å². The third-order valence-electron chi connectivity index (χ3n) is 5.58. The van der Waals surface area contributed by atoms with E-state index in [-0.39, 0.29) is 4.90 Å². The van der Waals surface area contributed by atoms with Gasteiger partial charge in [-0.2, -0.15) is 4.31 Å². The summed E-state index contributed by atoms with van der Waals surface area (Å²) in [6.45, 7) is 3.72. The van der Waals surface area contributed by atoms with Gasteiger partial charge in [-0.25, -0.2) is 8.42 Å². The van der Waals surface area contributed by atoms with E-state index in [0.717, 1.165) is 22.3 Å². The number of sulfonamides is 1. The van der Waals surface area contributed by atoms with Gasteiger partial charge in [0, 0.05) is 61.8 Å². The van der Waals surface area contributed by atoms with Gasteiger partial charge in [0.1, 0.15) is 0 Å². The predicted octanol–water partition coefficient (Wildman–Crippen LogP) is 3.84. The SMILES string of the molecule is O=S(=O)(c1ccc(NC(=S)NCc2cccnc2)cc1)N1CCN(Cc2ccc(Br)cc2)CC1. The first-order valence-corrected chi connectivity index (χ1v) is 13.5. The maximum atomic E-state index is 13.1. The van der Waals surface area contributed by atoms with Gasteiger partial charge in [-0.05, 0) is 65.8 Å². The zero-order valence-electron chi connectivity index (χ0n) is 18.5. The summed E-state index contributed by atoms with van der Waals surface area (Å²) in [6, 6.07) is 18.8. The molecule has 0 unspecified atom stereocenters. The Morgan fingerprint density at radius 3 is 2.32 bits per heavy atom. The van der Waals surface area contributed by atoms with Gasteiger partial charge in [-0.1, -0.05) is 34.1 Å². The maximum absolute atomic E-state index is 13.1. The number of hydrogen-bond acceptors (Lipinski definition) is 5. The molecule has 3 aromatic rings. The van der Waals surface area contributed by atoms with Crippen molar-refractivity contribution in [2.45, 2.75) is 18.0 Å². The molecular weight excluding hydrogens is 534 g/mol. The molecule has 4 rings (SSSR count). The Hall–Kier alpha value is -2.37. The van der Waals surface area contributed by atoms with Gasteiger partial charge in [0.2, 0.25) is 10.0 Å². The molecule has 1 aliphatic rings. The Kier molecular flexibility index (Phi) is 8.28. The first-order valence-electron chi connectivity index (χ1n) is 10.9. The molecule has 0 atom stereocenters. The first kappa shape index (κ1) is 24.7. The summed E-state index contributed by atoms with van der Waals surface area (Å²) in [5.74, 6) is 0. The second-order valence-corrected chi connectivity index (χ2v) is 11.3. The Bertz CT molecular complexity index is 1200. The second-order valence-electron chi connectivity index (χ2n) is 8.00. The Morgan fingerprint density at radius 1 is 0.971 bits per heavy atom. The molecule has 0 saturated carbocycles. The number of hydrogen-bond donors (Lipinski definition) is 2. The van der Waals surface area contributed by atoms with Crippen molar-refractivity contribution in [3.8, 4) is 0 Å². The molecule has 1 aliphatic heterocycles. The fourth-order valence-electron chi connectivity index (χ4n) is 3.70. The van der Waals surface area contributed by atoms with Gasteiger partial charge >= 0.3 is 0 Å². The van der Waals surface area contributed by atoms with E-state index >= 15 is 0 Å². The summed E-state index contributed by atoms with van der Waals surface area (Å²) in [4.78, 5) is 6.64. The Balaban J connectivity index is 1.28. The molecule has 7 nitrogen and oxygen atoms in total. The van der Waals surface area contributed by atoms with Crippen LogP contribution in [-0.2, 0) is 23.1 Å². The van der Waals surface area contributed by atoms with Crippen LogP contribution < -0.4 is 10.6 Å². The zero-order valence-corrected chi connectivity index (χ0v) is 21.7. The van der Waals surface area contributed by atoms with E-state index in [1.165, 1.54) is 5.56 Å². The number of pyridine rings is 1. The highest BCUT2D eigenvalue weighted by Gasteiger charge is 2.28. The number of piperazine rings is 1. The van der Waals surface area contributed by atoms with Crippen molar-refractivity contribution in [2.75, 3.05) is 31.5 Å². The number of nitrogens with one attached hydrogen (secondary N) is 2. The summed E-state index contributed by atoms with van der Waals surface area (Å²) in [7, 11) is -3.54. The summed E-state index contributed by atoms with van der Waals surface area (Å²) in [5, 5.41) is 6.66. The molecule has 1 saturated heterocycles. The van der Waals surface area contributed by atoms with E-state index in [1.807, 2.05) is 24.3 Å². The molecule has 2 aromatic carbocycles. The van der Waals surface area contributed by atoms with Gasteiger partial charge in [-0.15, -0.1) is 0 Å². The van der Waals surface area contributed by atoms with Crippen molar-refractivity contribution in [2.24, 2.45) is 0 Å². The normalized spacial score (nSPS) is 15.1. The lowest BCUT2D eigenvalue weighted by Crippen LogP contribution is -2.48. The fourth-order valence-corrected chi connectivity index (χ4v) is 5.57. The van der Waals surface area contributed by atoms with Crippen LogP contribution in [0.4, 0.5) is 5.69 Å². The first-order chi connectivity index (χ1) is 16.4. The number of halogens is 1. The van der Waals surface area contributed by atoms with Crippen LogP contribution in [0.1, 0.15) is 11.1 Å². The number of thiocarbonyl (C=S) groups is 1. The number of aromatic nitrogens is 1. The van der Waals surface area contributed by atoms with Crippen LogP contribution in [0.5, 0.6) is 0 Å². The summed E-state index contributed by atoms with van der Waals surface area (Å²) in [6.07, 6.45) is 3.50. The van der Waals surface area contributed by atoms with E-state index in [1.54, 1.807) is 41.0 Å². The topological polar surface area (TPSA) is 77.6 Å². The van der Waals surface area contributed by atoms with Gasteiger partial charge in [-0.3, -0.25) is 9.88 Å². The number of anilines is 1. The lowest BCUT2D eigenvalue weighted by molar-refractivity contribution is 0.181. The number of nitrogens with zero attached hydrogens (tertiary/aromatic N) is 3. The maximum Gasteiger partial charge on any atom is 0.243 e. The van der Waals surface area contributed by atoms with Crippen molar-refractivity contribution in [1.82, 2.24) is 19.5 Å². The molecule has 0 aliphatic carbocycles. The van der Waals surface area contributed by atoms with Crippen LogP contribution in [0.15, 0.2) is 82.4 Å². The zero-order chi connectivity index (χ0) is 24.0. The molecule has 0 amide bonds. The molecule has 1 aromatic heterocycles. The molecule has 178 valence electrons. The Labute approximate surface area is 214 Å². The smallest absolute Gasteiger partial charge is 0.243 e. The van der Waals surface area contributed by atoms with Gasteiger partial charge in [0.05, 0.1) is 4.90 Å². The largest absolute Gasteiger partial charge is 0.358 e.